The number of aromatic nitrogens is 4. The Morgan fingerprint density at radius 2 is 2.00 bits per heavy atom. The normalized spacial score (nSPS) is 24.0. The van der Waals surface area contributed by atoms with Gasteiger partial charge in [0, 0.05) is 18.7 Å². The lowest BCUT2D eigenvalue weighted by atomic mass is 10.1. The van der Waals surface area contributed by atoms with Crippen molar-refractivity contribution in [1.82, 2.24) is 23.8 Å². The van der Waals surface area contributed by atoms with Crippen LogP contribution in [0.25, 0.3) is 10.8 Å². The maximum atomic E-state index is 13.3. The summed E-state index contributed by atoms with van der Waals surface area (Å²) in [5, 5.41) is 0.675. The number of epoxide rings is 1. The summed E-state index contributed by atoms with van der Waals surface area (Å²) in [7, 11) is 0. The van der Waals surface area contributed by atoms with Crippen molar-refractivity contribution in [2.24, 2.45) is 0 Å². The van der Waals surface area contributed by atoms with Gasteiger partial charge in [-0.3, -0.25) is 14.5 Å². The Labute approximate surface area is 186 Å². The number of aryl methyl sites for hydroxylation is 1. The summed E-state index contributed by atoms with van der Waals surface area (Å²) < 4.78 is 25.0. The van der Waals surface area contributed by atoms with Crippen molar-refractivity contribution in [3.05, 3.63) is 47.2 Å². The number of carbonyl (C=O) groups is 2. The number of anilines is 1. The molecule has 32 heavy (non-hydrogen) atoms. The zero-order valence-electron chi connectivity index (χ0n) is 17.4. The standard InChI is InChI=1S/C21H19FN6O3S/c1-10-15-17(28-9-14-16(31-14)21(28)30)24-18(19-23-11(2)25-32-19)27(15)8-7-26(10)20(29)12-3-5-13(22)6-4-12/h3-6,10,14,16H,7-9H2,1-2H3. The van der Waals surface area contributed by atoms with Gasteiger partial charge in [-0.2, -0.15) is 4.37 Å². The van der Waals surface area contributed by atoms with Crippen molar-refractivity contribution in [1.29, 1.82) is 0 Å². The lowest BCUT2D eigenvalue weighted by Crippen LogP contribution is -2.42. The SMILES string of the molecule is Cc1nsc(-c2nc(N3CC4OC4C3=O)c3n2CCN(C(=O)c2ccc(F)cc2)C3C)n1. The number of hydrogen-bond acceptors (Lipinski definition) is 7. The maximum Gasteiger partial charge on any atom is 0.260 e. The van der Waals surface area contributed by atoms with Crippen molar-refractivity contribution >= 4 is 29.2 Å². The van der Waals surface area contributed by atoms with Crippen LogP contribution < -0.4 is 4.90 Å². The van der Waals surface area contributed by atoms with Crippen molar-refractivity contribution in [2.45, 2.75) is 38.6 Å². The predicted octanol–water partition coefficient (Wildman–Crippen LogP) is 2.18. The van der Waals surface area contributed by atoms with E-state index in [2.05, 4.69) is 9.36 Å². The molecule has 3 aliphatic heterocycles. The number of carbonyl (C=O) groups excluding carboxylic acids is 2. The molecular formula is C21H19FN6O3S. The molecular weight excluding hydrogens is 435 g/mol. The third kappa shape index (κ3) is 2.88. The number of nitrogens with zero attached hydrogens (tertiary/aromatic N) is 6. The van der Waals surface area contributed by atoms with Crippen molar-refractivity contribution in [3.8, 4) is 10.8 Å². The Morgan fingerprint density at radius 1 is 1.22 bits per heavy atom. The first kappa shape index (κ1) is 19.5. The first-order valence-corrected chi connectivity index (χ1v) is 11.1. The van der Waals surface area contributed by atoms with Crippen LogP contribution in [-0.2, 0) is 16.1 Å². The summed E-state index contributed by atoms with van der Waals surface area (Å²) in [6, 6.07) is 5.19. The van der Waals surface area contributed by atoms with Crippen LogP contribution in [0.3, 0.4) is 0 Å². The quantitative estimate of drug-likeness (QED) is 0.563. The fraction of sp³-hybridized carbons (Fsp3) is 0.381. The Kier molecular flexibility index (Phi) is 4.21. The number of hydrogen-bond donors (Lipinski definition) is 0. The van der Waals surface area contributed by atoms with E-state index in [0.717, 1.165) is 5.69 Å². The molecule has 3 atom stereocenters. The van der Waals surface area contributed by atoms with E-state index >= 15 is 0 Å². The number of benzene rings is 1. The van der Waals surface area contributed by atoms with Gasteiger partial charge < -0.3 is 14.2 Å². The summed E-state index contributed by atoms with van der Waals surface area (Å²) in [5.74, 6) is 1.16. The van der Waals surface area contributed by atoms with E-state index < -0.39 is 6.10 Å². The zero-order valence-corrected chi connectivity index (χ0v) is 18.2. The largest absolute Gasteiger partial charge is 0.357 e. The van der Waals surface area contributed by atoms with Gasteiger partial charge in [0.05, 0.1) is 18.3 Å². The number of halogens is 1. The molecule has 2 amide bonds. The summed E-state index contributed by atoms with van der Waals surface area (Å²) in [6.45, 7) is 5.14. The molecule has 9 nitrogen and oxygen atoms in total. The molecule has 0 bridgehead atoms. The van der Waals surface area contributed by atoms with Crippen LogP contribution in [0.2, 0.25) is 0 Å². The zero-order chi connectivity index (χ0) is 22.1. The molecule has 164 valence electrons. The van der Waals surface area contributed by atoms with Gasteiger partial charge in [0.2, 0.25) is 0 Å². The van der Waals surface area contributed by atoms with Crippen LogP contribution in [-0.4, -0.2) is 60.9 Å². The highest BCUT2D eigenvalue weighted by molar-refractivity contribution is 7.09. The second-order valence-corrected chi connectivity index (χ2v) is 8.92. The summed E-state index contributed by atoms with van der Waals surface area (Å²) in [6.07, 6.45) is -0.488. The minimum absolute atomic E-state index is 0.0945. The second kappa shape index (κ2) is 6.91. The topological polar surface area (TPSA) is 96.8 Å². The minimum Gasteiger partial charge on any atom is -0.357 e. The van der Waals surface area contributed by atoms with Crippen LogP contribution in [0.5, 0.6) is 0 Å². The number of rotatable bonds is 3. The lowest BCUT2D eigenvalue weighted by molar-refractivity contribution is -0.119. The van der Waals surface area contributed by atoms with E-state index in [1.165, 1.54) is 35.8 Å². The molecule has 0 radical (unpaired) electrons. The first-order chi connectivity index (χ1) is 15.4. The van der Waals surface area contributed by atoms with Gasteiger partial charge in [0.15, 0.2) is 22.8 Å². The van der Waals surface area contributed by atoms with Crippen LogP contribution in [0.4, 0.5) is 10.2 Å². The molecule has 2 aromatic heterocycles. The molecule has 0 aliphatic carbocycles. The molecule has 6 rings (SSSR count). The van der Waals surface area contributed by atoms with Gasteiger partial charge in [-0.25, -0.2) is 14.4 Å². The molecule has 3 aliphatic rings. The van der Waals surface area contributed by atoms with Crippen molar-refractivity contribution in [3.63, 3.8) is 0 Å². The molecule has 3 unspecified atom stereocenters. The number of imidazole rings is 1. The number of fused-ring (bicyclic) bond motifs is 2. The average molecular weight is 454 g/mol. The molecule has 0 N–H and O–H groups in total. The third-order valence-corrected chi connectivity index (χ3v) is 7.00. The minimum atomic E-state index is -0.393. The van der Waals surface area contributed by atoms with Gasteiger partial charge >= 0.3 is 0 Å². The van der Waals surface area contributed by atoms with Crippen LogP contribution in [0.1, 0.15) is 34.8 Å². The van der Waals surface area contributed by atoms with Gasteiger partial charge in [-0.15, -0.1) is 0 Å². The highest BCUT2D eigenvalue weighted by Gasteiger charge is 2.56. The highest BCUT2D eigenvalue weighted by atomic mass is 32.1. The number of amides is 2. The summed E-state index contributed by atoms with van der Waals surface area (Å²) >= 11 is 1.26. The van der Waals surface area contributed by atoms with Crippen molar-refractivity contribution < 1.29 is 18.7 Å². The summed E-state index contributed by atoms with van der Waals surface area (Å²) in [4.78, 5) is 38.7. The van der Waals surface area contributed by atoms with Crippen LogP contribution in [0, 0.1) is 12.7 Å². The fourth-order valence-corrected chi connectivity index (χ4v) is 5.21. The molecule has 0 spiro atoms. The van der Waals surface area contributed by atoms with Crippen molar-refractivity contribution in [2.75, 3.05) is 18.0 Å². The van der Waals surface area contributed by atoms with Crippen LogP contribution >= 0.6 is 11.5 Å². The van der Waals surface area contributed by atoms with E-state index in [9.17, 15) is 14.0 Å². The third-order valence-electron chi connectivity index (χ3n) is 6.20. The number of ether oxygens (including phenoxy) is 1. The molecule has 1 aromatic carbocycles. The smallest absolute Gasteiger partial charge is 0.260 e. The molecule has 5 heterocycles. The lowest BCUT2D eigenvalue weighted by Gasteiger charge is -2.36. The van der Waals surface area contributed by atoms with E-state index in [0.29, 0.717) is 47.7 Å². The Hall–Kier alpha value is -3.18. The van der Waals surface area contributed by atoms with Gasteiger partial charge in [-0.05, 0) is 49.6 Å². The van der Waals surface area contributed by atoms with Gasteiger partial charge in [0.25, 0.3) is 11.8 Å². The molecule has 2 fully saturated rings. The Morgan fingerprint density at radius 3 is 2.66 bits per heavy atom. The van der Waals surface area contributed by atoms with E-state index in [-0.39, 0.29) is 29.8 Å². The molecule has 2 saturated heterocycles. The van der Waals surface area contributed by atoms with Crippen LogP contribution in [0.15, 0.2) is 24.3 Å². The molecule has 0 saturated carbocycles. The predicted molar refractivity (Wildman–Crippen MR) is 113 cm³/mol. The van der Waals surface area contributed by atoms with E-state index in [4.69, 9.17) is 9.72 Å². The summed E-state index contributed by atoms with van der Waals surface area (Å²) in [5.41, 5.74) is 1.20. The highest BCUT2D eigenvalue weighted by Crippen LogP contribution is 2.42. The van der Waals surface area contributed by atoms with E-state index in [1.807, 2.05) is 18.4 Å². The molecule has 3 aromatic rings. The number of morpholine rings is 1. The maximum absolute atomic E-state index is 13.3. The fourth-order valence-electron chi connectivity index (χ4n) is 4.54. The average Bonchev–Trinajstić information content (AvgIpc) is 3.08. The van der Waals surface area contributed by atoms with E-state index in [1.54, 1.807) is 9.80 Å². The Bertz CT molecular complexity index is 1250. The Balaban J connectivity index is 1.43. The first-order valence-electron chi connectivity index (χ1n) is 10.4. The molecule has 11 heteroatoms. The second-order valence-electron chi connectivity index (χ2n) is 8.17. The van der Waals surface area contributed by atoms with Gasteiger partial charge in [0.1, 0.15) is 17.7 Å². The van der Waals surface area contributed by atoms with Gasteiger partial charge in [-0.1, -0.05) is 0 Å². The monoisotopic (exact) mass is 454 g/mol.